The number of primary amides is 1. The number of H-pyrrole nitrogens is 1. The summed E-state index contributed by atoms with van der Waals surface area (Å²) < 4.78 is 42.2. The van der Waals surface area contributed by atoms with E-state index in [1.54, 1.807) is 24.3 Å². The molecule has 0 saturated carbocycles. The highest BCUT2D eigenvalue weighted by molar-refractivity contribution is 8.00. The average Bonchev–Trinajstić information content (AvgIpc) is 3.12. The van der Waals surface area contributed by atoms with Crippen LogP contribution in [0.25, 0.3) is 0 Å². The molecule has 5 N–H and O–H groups in total. The number of rotatable bonds is 7. The second-order valence-corrected chi connectivity index (χ2v) is 7.98. The zero-order valence-electron chi connectivity index (χ0n) is 17.5. The van der Waals surface area contributed by atoms with Gasteiger partial charge in [-0.25, -0.2) is 9.78 Å². The molecule has 0 unspecified atom stereocenters. The number of ether oxygens (including phenoxy) is 1. The van der Waals surface area contributed by atoms with Gasteiger partial charge < -0.3 is 20.8 Å². The first-order valence-electron chi connectivity index (χ1n) is 9.58. The van der Waals surface area contributed by atoms with Gasteiger partial charge in [0.15, 0.2) is 5.69 Å². The predicted octanol–water partition coefficient (Wildman–Crippen LogP) is 4.28. The van der Waals surface area contributed by atoms with Gasteiger partial charge in [-0.1, -0.05) is 12.1 Å². The van der Waals surface area contributed by atoms with Crippen molar-refractivity contribution in [1.29, 1.82) is 0 Å². The molecule has 0 aliphatic carbocycles. The largest absolute Gasteiger partial charge is 0.446 e. The van der Waals surface area contributed by atoms with E-state index in [1.165, 1.54) is 31.2 Å². The second-order valence-electron chi connectivity index (χ2n) is 6.84. The maximum atomic E-state index is 12.4. The van der Waals surface area contributed by atoms with Crippen molar-refractivity contribution in [1.82, 2.24) is 9.97 Å². The standard InChI is InChI=1S/C21H18F3N5O4S/c1-11(30)33-14-6-2-12(3-7-14)10-16-27-17(18(25)31)19(28-16)29-20(32)26-13-4-8-15(9-5-13)34-21(22,23)24/h2-9H,10H2,1H3,(H2,25,31)(H,27,28)(H2,26,29,32). The number of thioether (sulfide) groups is 1. The third kappa shape index (κ3) is 7.27. The van der Waals surface area contributed by atoms with E-state index in [1.807, 2.05) is 0 Å². The SMILES string of the molecule is CC(=O)Oc1ccc(Cc2nc(C(N)=O)c(NC(=O)Nc3ccc(SC(F)(F)F)cc3)[nH]2)cc1. The normalized spacial score (nSPS) is 11.1. The summed E-state index contributed by atoms with van der Waals surface area (Å²) in [6, 6.07) is 10.9. The Balaban J connectivity index is 1.66. The minimum atomic E-state index is -4.42. The Kier molecular flexibility index (Phi) is 7.46. The van der Waals surface area contributed by atoms with Gasteiger partial charge in [0, 0.05) is 23.9 Å². The highest BCUT2D eigenvalue weighted by Crippen LogP contribution is 2.37. The van der Waals surface area contributed by atoms with Gasteiger partial charge in [-0.3, -0.25) is 14.9 Å². The lowest BCUT2D eigenvalue weighted by Gasteiger charge is -2.09. The molecule has 34 heavy (non-hydrogen) atoms. The summed E-state index contributed by atoms with van der Waals surface area (Å²) in [6.07, 6.45) is 0.252. The van der Waals surface area contributed by atoms with Crippen LogP contribution in [0.2, 0.25) is 0 Å². The Bertz CT molecular complexity index is 1190. The Morgan fingerprint density at radius 1 is 1.06 bits per heavy atom. The molecule has 1 heterocycles. The molecule has 0 aliphatic rings. The molecular weight excluding hydrogens is 475 g/mol. The molecule has 9 nitrogen and oxygen atoms in total. The van der Waals surface area contributed by atoms with E-state index < -0.39 is 23.4 Å². The molecule has 0 aliphatic heterocycles. The molecule has 2 aromatic carbocycles. The van der Waals surface area contributed by atoms with E-state index >= 15 is 0 Å². The van der Waals surface area contributed by atoms with Gasteiger partial charge in [-0.2, -0.15) is 13.2 Å². The number of hydrogen-bond acceptors (Lipinski definition) is 6. The first-order valence-corrected chi connectivity index (χ1v) is 10.4. The number of esters is 1. The predicted molar refractivity (Wildman–Crippen MR) is 119 cm³/mol. The topological polar surface area (TPSA) is 139 Å². The number of urea groups is 1. The zero-order chi connectivity index (χ0) is 24.9. The van der Waals surface area contributed by atoms with E-state index in [2.05, 4.69) is 20.6 Å². The number of aromatic amines is 1. The number of imidazole rings is 1. The smallest absolute Gasteiger partial charge is 0.427 e. The Morgan fingerprint density at radius 2 is 1.71 bits per heavy atom. The molecule has 0 radical (unpaired) electrons. The molecule has 13 heteroatoms. The first kappa shape index (κ1) is 24.6. The number of alkyl halides is 3. The van der Waals surface area contributed by atoms with Gasteiger partial charge in [-0.05, 0) is 53.7 Å². The lowest BCUT2D eigenvalue weighted by atomic mass is 10.1. The third-order valence-corrected chi connectivity index (χ3v) is 4.87. The maximum Gasteiger partial charge on any atom is 0.446 e. The number of anilines is 2. The van der Waals surface area contributed by atoms with Crippen LogP contribution in [0.5, 0.6) is 5.75 Å². The first-order chi connectivity index (χ1) is 16.0. The average molecular weight is 493 g/mol. The van der Waals surface area contributed by atoms with Crippen LogP contribution in [-0.4, -0.2) is 33.4 Å². The number of carbonyl (C=O) groups is 3. The van der Waals surface area contributed by atoms with Crippen molar-refractivity contribution in [3.05, 3.63) is 65.6 Å². The van der Waals surface area contributed by atoms with Gasteiger partial charge in [0.1, 0.15) is 17.4 Å². The second kappa shape index (κ2) is 10.3. The lowest BCUT2D eigenvalue weighted by Crippen LogP contribution is -2.22. The highest BCUT2D eigenvalue weighted by Gasteiger charge is 2.29. The van der Waals surface area contributed by atoms with Crippen LogP contribution in [0.1, 0.15) is 28.8 Å². The minimum Gasteiger partial charge on any atom is -0.427 e. The minimum absolute atomic E-state index is 0.0337. The van der Waals surface area contributed by atoms with E-state index in [4.69, 9.17) is 10.5 Å². The molecule has 0 fully saturated rings. The van der Waals surface area contributed by atoms with Gasteiger partial charge in [-0.15, -0.1) is 0 Å². The van der Waals surface area contributed by atoms with Crippen molar-refractivity contribution in [2.45, 2.75) is 23.7 Å². The van der Waals surface area contributed by atoms with Crippen LogP contribution in [0.15, 0.2) is 53.4 Å². The van der Waals surface area contributed by atoms with Gasteiger partial charge in [0.2, 0.25) is 0 Å². The molecule has 0 atom stereocenters. The fraction of sp³-hybridized carbons (Fsp3) is 0.143. The molecule has 3 amide bonds. The van der Waals surface area contributed by atoms with Crippen molar-refractivity contribution < 1.29 is 32.3 Å². The fourth-order valence-electron chi connectivity index (χ4n) is 2.83. The summed E-state index contributed by atoms with van der Waals surface area (Å²) in [7, 11) is 0. The third-order valence-electron chi connectivity index (χ3n) is 4.13. The van der Waals surface area contributed by atoms with Gasteiger partial charge >= 0.3 is 17.5 Å². The lowest BCUT2D eigenvalue weighted by molar-refractivity contribution is -0.131. The van der Waals surface area contributed by atoms with Crippen LogP contribution in [0.3, 0.4) is 0 Å². The van der Waals surface area contributed by atoms with Gasteiger partial charge in [0.25, 0.3) is 5.91 Å². The number of amides is 3. The summed E-state index contributed by atoms with van der Waals surface area (Å²) in [5, 5.41) is 4.86. The van der Waals surface area contributed by atoms with E-state index in [0.717, 1.165) is 5.56 Å². The number of benzene rings is 2. The summed E-state index contributed by atoms with van der Waals surface area (Å²) in [4.78, 5) is 42.0. The molecule has 3 rings (SSSR count). The van der Waals surface area contributed by atoms with Crippen LogP contribution in [-0.2, 0) is 11.2 Å². The molecule has 0 saturated heterocycles. The Labute approximate surface area is 195 Å². The number of nitrogens with zero attached hydrogens (tertiary/aromatic N) is 1. The monoisotopic (exact) mass is 493 g/mol. The number of hydrogen-bond donors (Lipinski definition) is 4. The number of nitrogens with one attached hydrogen (secondary N) is 3. The number of nitrogens with two attached hydrogens (primary N) is 1. The zero-order valence-corrected chi connectivity index (χ0v) is 18.3. The molecule has 0 spiro atoms. The summed E-state index contributed by atoms with van der Waals surface area (Å²) in [5.74, 6) is -0.664. The molecular formula is C21H18F3N5O4S. The van der Waals surface area contributed by atoms with Crippen molar-refractivity contribution in [2.75, 3.05) is 10.6 Å². The summed E-state index contributed by atoms with van der Waals surface area (Å²) in [6.45, 7) is 1.29. The maximum absolute atomic E-state index is 12.4. The van der Waals surface area contributed by atoms with Gasteiger partial charge in [0.05, 0.1) is 0 Å². The van der Waals surface area contributed by atoms with Crippen LogP contribution in [0, 0.1) is 0 Å². The van der Waals surface area contributed by atoms with E-state index in [-0.39, 0.29) is 40.3 Å². The van der Waals surface area contributed by atoms with Crippen molar-refractivity contribution >= 4 is 41.2 Å². The summed E-state index contributed by atoms with van der Waals surface area (Å²) in [5.41, 5.74) is 1.74. The molecule has 3 aromatic rings. The Hall–Kier alpha value is -4.00. The molecule has 0 bridgehead atoms. The van der Waals surface area contributed by atoms with E-state index in [9.17, 15) is 27.6 Å². The fourth-order valence-corrected chi connectivity index (χ4v) is 3.36. The Morgan fingerprint density at radius 3 is 2.26 bits per heavy atom. The summed E-state index contributed by atoms with van der Waals surface area (Å²) >= 11 is -0.272. The number of aromatic nitrogens is 2. The number of halogens is 3. The van der Waals surface area contributed by atoms with Crippen molar-refractivity contribution in [3.8, 4) is 5.75 Å². The molecule has 178 valence electrons. The van der Waals surface area contributed by atoms with E-state index in [0.29, 0.717) is 11.6 Å². The van der Waals surface area contributed by atoms with Crippen LogP contribution >= 0.6 is 11.8 Å². The van der Waals surface area contributed by atoms with Crippen LogP contribution in [0.4, 0.5) is 29.5 Å². The van der Waals surface area contributed by atoms with Crippen LogP contribution < -0.4 is 21.1 Å². The quantitative estimate of drug-likeness (QED) is 0.220. The molecule has 1 aromatic heterocycles. The number of carbonyl (C=O) groups excluding carboxylic acids is 3. The van der Waals surface area contributed by atoms with Crippen molar-refractivity contribution in [2.24, 2.45) is 5.73 Å². The van der Waals surface area contributed by atoms with Crippen molar-refractivity contribution in [3.63, 3.8) is 0 Å². The highest BCUT2D eigenvalue weighted by atomic mass is 32.2.